The van der Waals surface area contributed by atoms with Crippen molar-refractivity contribution in [1.29, 1.82) is 0 Å². The Hall–Kier alpha value is -1.81. The number of carbonyl (C=O) groups is 1. The summed E-state index contributed by atoms with van der Waals surface area (Å²) in [4.78, 5) is 14.2. The molecule has 17 heavy (non-hydrogen) atoms. The Morgan fingerprint density at radius 2 is 2.00 bits per heavy atom. The standard InChI is InChI=1S/C13H16N2O2/c1-6-4-7(2)12-9(5-6)10(8(3)15-12)11(14)13(16)17/h4-5,11,15H,14H2,1-3H3,(H,16,17). The van der Waals surface area contributed by atoms with Crippen molar-refractivity contribution in [3.05, 3.63) is 34.5 Å². The van der Waals surface area contributed by atoms with Crippen LogP contribution < -0.4 is 5.73 Å². The zero-order valence-electron chi connectivity index (χ0n) is 10.2. The molecule has 0 saturated carbocycles. The number of nitrogens with one attached hydrogen (secondary N) is 1. The molecule has 0 bridgehead atoms. The van der Waals surface area contributed by atoms with E-state index < -0.39 is 12.0 Å². The van der Waals surface area contributed by atoms with Crippen LogP contribution in [0.4, 0.5) is 0 Å². The molecule has 0 radical (unpaired) electrons. The number of carboxylic acids is 1. The summed E-state index contributed by atoms with van der Waals surface area (Å²) < 4.78 is 0. The van der Waals surface area contributed by atoms with E-state index in [0.29, 0.717) is 5.56 Å². The number of aryl methyl sites for hydroxylation is 3. The minimum atomic E-state index is -1.01. The summed E-state index contributed by atoms with van der Waals surface area (Å²) >= 11 is 0. The minimum Gasteiger partial charge on any atom is -0.480 e. The molecular weight excluding hydrogens is 216 g/mol. The van der Waals surface area contributed by atoms with E-state index >= 15 is 0 Å². The number of fused-ring (bicyclic) bond motifs is 1. The predicted molar refractivity (Wildman–Crippen MR) is 67.1 cm³/mol. The number of H-pyrrole nitrogens is 1. The first kappa shape index (κ1) is 11.7. The molecule has 4 heteroatoms. The van der Waals surface area contributed by atoms with Gasteiger partial charge >= 0.3 is 5.97 Å². The molecule has 0 aliphatic rings. The van der Waals surface area contributed by atoms with Crippen LogP contribution in [0.25, 0.3) is 10.9 Å². The van der Waals surface area contributed by atoms with Crippen molar-refractivity contribution in [2.24, 2.45) is 5.73 Å². The molecule has 4 N–H and O–H groups in total. The molecule has 0 amide bonds. The van der Waals surface area contributed by atoms with Gasteiger partial charge in [-0.3, -0.25) is 4.79 Å². The molecule has 1 heterocycles. The monoisotopic (exact) mass is 232 g/mol. The Bertz CT molecular complexity index is 599. The van der Waals surface area contributed by atoms with Crippen molar-refractivity contribution in [2.75, 3.05) is 0 Å². The van der Waals surface area contributed by atoms with Gasteiger partial charge in [0.25, 0.3) is 0 Å². The van der Waals surface area contributed by atoms with E-state index in [9.17, 15) is 4.79 Å². The van der Waals surface area contributed by atoms with E-state index in [4.69, 9.17) is 10.8 Å². The molecule has 90 valence electrons. The average molecular weight is 232 g/mol. The maximum Gasteiger partial charge on any atom is 0.325 e. The van der Waals surface area contributed by atoms with Crippen molar-refractivity contribution in [3.63, 3.8) is 0 Å². The van der Waals surface area contributed by atoms with E-state index in [-0.39, 0.29) is 0 Å². The summed E-state index contributed by atoms with van der Waals surface area (Å²) in [6.07, 6.45) is 0. The Balaban J connectivity index is 2.79. The third-order valence-electron chi connectivity index (χ3n) is 3.06. The fourth-order valence-electron chi connectivity index (χ4n) is 2.33. The second kappa shape index (κ2) is 3.89. The van der Waals surface area contributed by atoms with Gasteiger partial charge in [0.05, 0.1) is 0 Å². The first-order valence-corrected chi connectivity index (χ1v) is 5.49. The molecule has 1 atom stereocenters. The molecule has 2 aromatic rings. The van der Waals surface area contributed by atoms with Crippen molar-refractivity contribution in [1.82, 2.24) is 4.98 Å². The van der Waals surface area contributed by atoms with Crippen LogP contribution in [0, 0.1) is 20.8 Å². The van der Waals surface area contributed by atoms with Crippen LogP contribution in [-0.2, 0) is 4.79 Å². The molecule has 0 aliphatic heterocycles. The first-order valence-electron chi connectivity index (χ1n) is 5.49. The van der Waals surface area contributed by atoms with E-state index in [1.54, 1.807) is 0 Å². The van der Waals surface area contributed by atoms with Gasteiger partial charge in [0.15, 0.2) is 0 Å². The number of aromatic amines is 1. The molecule has 1 aromatic heterocycles. The summed E-state index contributed by atoms with van der Waals surface area (Å²) in [7, 11) is 0. The van der Waals surface area contributed by atoms with E-state index in [1.807, 2.05) is 26.8 Å². The second-order valence-electron chi connectivity index (χ2n) is 4.48. The van der Waals surface area contributed by atoms with Crippen LogP contribution in [-0.4, -0.2) is 16.1 Å². The van der Waals surface area contributed by atoms with Gasteiger partial charge in [0, 0.05) is 22.2 Å². The minimum absolute atomic E-state index is 0.680. The summed E-state index contributed by atoms with van der Waals surface area (Å²) in [5.74, 6) is -1.01. The molecular formula is C13H16N2O2. The Kier molecular flexibility index (Phi) is 2.67. The molecule has 2 rings (SSSR count). The van der Waals surface area contributed by atoms with Crippen molar-refractivity contribution < 1.29 is 9.90 Å². The number of hydrogen-bond acceptors (Lipinski definition) is 2. The Morgan fingerprint density at radius 3 is 2.59 bits per heavy atom. The molecule has 0 fully saturated rings. The summed E-state index contributed by atoms with van der Waals surface area (Å²) in [5.41, 5.74) is 10.4. The molecule has 0 spiro atoms. The lowest BCUT2D eigenvalue weighted by Crippen LogP contribution is -2.21. The third kappa shape index (κ3) is 1.80. The second-order valence-corrected chi connectivity index (χ2v) is 4.48. The quantitative estimate of drug-likeness (QED) is 0.742. The maximum atomic E-state index is 11.0. The van der Waals surface area contributed by atoms with Gasteiger partial charge < -0.3 is 15.8 Å². The smallest absolute Gasteiger partial charge is 0.325 e. The highest BCUT2D eigenvalue weighted by molar-refractivity contribution is 5.92. The molecule has 1 unspecified atom stereocenters. The number of benzene rings is 1. The number of nitrogens with two attached hydrogens (primary N) is 1. The summed E-state index contributed by atoms with van der Waals surface area (Å²) in [6.45, 7) is 5.85. The van der Waals surface area contributed by atoms with Gasteiger partial charge in [-0.15, -0.1) is 0 Å². The molecule has 0 aliphatic carbocycles. The third-order valence-corrected chi connectivity index (χ3v) is 3.06. The highest BCUT2D eigenvalue weighted by Crippen LogP contribution is 2.29. The highest BCUT2D eigenvalue weighted by atomic mass is 16.4. The first-order chi connectivity index (χ1) is 7.91. The number of aliphatic carboxylic acids is 1. The largest absolute Gasteiger partial charge is 0.480 e. The van der Waals surface area contributed by atoms with Gasteiger partial charge in [-0.2, -0.15) is 0 Å². The van der Waals surface area contributed by atoms with Crippen molar-refractivity contribution in [2.45, 2.75) is 26.8 Å². The lowest BCUT2D eigenvalue weighted by atomic mass is 10.0. The van der Waals surface area contributed by atoms with Crippen LogP contribution in [0.15, 0.2) is 12.1 Å². The highest BCUT2D eigenvalue weighted by Gasteiger charge is 2.21. The van der Waals surface area contributed by atoms with Crippen molar-refractivity contribution in [3.8, 4) is 0 Å². The van der Waals surface area contributed by atoms with Crippen LogP contribution >= 0.6 is 0 Å². The predicted octanol–water partition coefficient (Wildman–Crippen LogP) is 2.18. The van der Waals surface area contributed by atoms with Gasteiger partial charge in [0.2, 0.25) is 0 Å². The zero-order valence-corrected chi connectivity index (χ0v) is 10.2. The van der Waals surface area contributed by atoms with E-state index in [1.165, 1.54) is 0 Å². The maximum absolute atomic E-state index is 11.0. The van der Waals surface area contributed by atoms with Gasteiger partial charge in [-0.25, -0.2) is 0 Å². The number of hydrogen-bond donors (Lipinski definition) is 3. The zero-order chi connectivity index (χ0) is 12.7. The lowest BCUT2D eigenvalue weighted by molar-refractivity contribution is -0.138. The number of rotatable bonds is 2. The summed E-state index contributed by atoms with van der Waals surface area (Å²) in [5, 5.41) is 9.95. The van der Waals surface area contributed by atoms with Gasteiger partial charge in [0.1, 0.15) is 6.04 Å². The van der Waals surface area contributed by atoms with Crippen molar-refractivity contribution >= 4 is 16.9 Å². The fraction of sp³-hybridized carbons (Fsp3) is 0.308. The lowest BCUT2D eigenvalue weighted by Gasteiger charge is -2.07. The van der Waals surface area contributed by atoms with Gasteiger partial charge in [-0.05, 0) is 32.4 Å². The number of aromatic nitrogens is 1. The van der Waals surface area contributed by atoms with E-state index in [0.717, 1.165) is 27.7 Å². The molecule has 1 aromatic carbocycles. The number of carboxylic acid groups (broad SMARTS) is 1. The SMILES string of the molecule is Cc1cc(C)c2[nH]c(C)c(C(N)C(=O)O)c2c1. The van der Waals surface area contributed by atoms with Crippen LogP contribution in [0.1, 0.15) is 28.4 Å². The normalized spacial score (nSPS) is 12.9. The topological polar surface area (TPSA) is 79.1 Å². The van der Waals surface area contributed by atoms with Gasteiger partial charge in [-0.1, -0.05) is 11.6 Å². The average Bonchev–Trinajstić information content (AvgIpc) is 2.54. The van der Waals surface area contributed by atoms with E-state index in [2.05, 4.69) is 11.1 Å². The van der Waals surface area contributed by atoms with Crippen LogP contribution in [0.5, 0.6) is 0 Å². The molecule has 0 saturated heterocycles. The molecule has 4 nitrogen and oxygen atoms in total. The Morgan fingerprint density at radius 1 is 1.35 bits per heavy atom. The Labute approximate surface area is 99.4 Å². The van der Waals surface area contributed by atoms with Crippen LogP contribution in [0.2, 0.25) is 0 Å². The summed E-state index contributed by atoms with van der Waals surface area (Å²) in [6, 6.07) is 3.06. The fourth-order valence-corrected chi connectivity index (χ4v) is 2.33. The van der Waals surface area contributed by atoms with Crippen LogP contribution in [0.3, 0.4) is 0 Å².